The number of hydrogen-bond donors (Lipinski definition) is 6. The van der Waals surface area contributed by atoms with Gasteiger partial charge in [0.05, 0.1) is 25.4 Å². The fourth-order valence-electron chi connectivity index (χ4n) is 9.11. The van der Waals surface area contributed by atoms with Crippen LogP contribution in [0.5, 0.6) is 0 Å². The van der Waals surface area contributed by atoms with Crippen LogP contribution in [0, 0.1) is 0 Å². The van der Waals surface area contributed by atoms with Crippen LogP contribution >= 0.6 is 0 Å². The third-order valence-electron chi connectivity index (χ3n) is 13.7. The number of rotatable bonds is 49. The largest absolute Gasteiger partial charge is 0.394 e. The molecule has 1 saturated heterocycles. The van der Waals surface area contributed by atoms with E-state index in [2.05, 4.69) is 43.5 Å². The first-order valence-electron chi connectivity index (χ1n) is 28.7. The zero-order valence-electron chi connectivity index (χ0n) is 43.7. The van der Waals surface area contributed by atoms with E-state index in [1.54, 1.807) is 6.08 Å². The summed E-state index contributed by atoms with van der Waals surface area (Å²) in [6.45, 7) is 3.79. The molecule has 0 aromatic heterocycles. The summed E-state index contributed by atoms with van der Waals surface area (Å²) in [7, 11) is 0. The van der Waals surface area contributed by atoms with Crippen molar-refractivity contribution in [3.8, 4) is 0 Å². The van der Waals surface area contributed by atoms with Gasteiger partial charge in [-0.25, -0.2) is 0 Å². The van der Waals surface area contributed by atoms with E-state index in [1.807, 2.05) is 6.08 Å². The van der Waals surface area contributed by atoms with Crippen LogP contribution in [0.3, 0.4) is 0 Å². The molecular weight excluding hydrogens is 839 g/mol. The molecule has 0 bridgehead atoms. The average Bonchev–Trinajstić information content (AvgIpc) is 3.33. The van der Waals surface area contributed by atoms with Crippen LogP contribution in [0.4, 0.5) is 0 Å². The maximum Gasteiger partial charge on any atom is 0.220 e. The summed E-state index contributed by atoms with van der Waals surface area (Å²) in [5, 5.41) is 54.5. The SMILES string of the molecule is CCCCCCCCCC/C=C\CCCCCCCCCCCCCCCC(=O)NC(COC1OC(CO)C(O)C(O)C1O)C(O)/C=C/CC/C=C/CCCCCCCCCCCCCCC. The fraction of sp³-hybridized carbons (Fsp3) is 0.879. The van der Waals surface area contributed by atoms with Gasteiger partial charge in [0.15, 0.2) is 6.29 Å². The van der Waals surface area contributed by atoms with E-state index < -0.39 is 49.5 Å². The number of aliphatic hydroxyl groups excluding tert-OH is 5. The van der Waals surface area contributed by atoms with Crippen molar-refractivity contribution in [2.45, 2.75) is 314 Å². The van der Waals surface area contributed by atoms with E-state index in [0.717, 1.165) is 38.5 Å². The first-order valence-corrected chi connectivity index (χ1v) is 28.7. The van der Waals surface area contributed by atoms with Crippen molar-refractivity contribution >= 4 is 5.91 Å². The third-order valence-corrected chi connectivity index (χ3v) is 13.7. The third kappa shape index (κ3) is 37.9. The van der Waals surface area contributed by atoms with Gasteiger partial charge in [0.2, 0.25) is 5.91 Å². The lowest BCUT2D eigenvalue weighted by Gasteiger charge is -2.40. The molecule has 1 aliphatic heterocycles. The number of amides is 1. The predicted molar refractivity (Wildman–Crippen MR) is 281 cm³/mol. The molecule has 1 aliphatic rings. The Morgan fingerprint density at radius 3 is 1.25 bits per heavy atom. The highest BCUT2D eigenvalue weighted by Crippen LogP contribution is 2.23. The lowest BCUT2D eigenvalue weighted by atomic mass is 9.99. The van der Waals surface area contributed by atoms with E-state index >= 15 is 0 Å². The molecule has 1 fully saturated rings. The number of aliphatic hydroxyl groups is 5. The number of ether oxygens (including phenoxy) is 2. The lowest BCUT2D eigenvalue weighted by Crippen LogP contribution is -2.60. The van der Waals surface area contributed by atoms with E-state index in [0.29, 0.717) is 6.42 Å². The van der Waals surface area contributed by atoms with Crippen LogP contribution in [0.15, 0.2) is 36.5 Å². The summed E-state index contributed by atoms with van der Waals surface area (Å²) in [6.07, 6.45) is 55.0. The molecule has 0 spiro atoms. The van der Waals surface area contributed by atoms with Gasteiger partial charge in [0.25, 0.3) is 0 Å². The number of carbonyl (C=O) groups excluding carboxylic acids is 1. The van der Waals surface area contributed by atoms with Crippen molar-refractivity contribution in [2.75, 3.05) is 13.2 Å². The number of allylic oxidation sites excluding steroid dienone is 5. The van der Waals surface area contributed by atoms with Gasteiger partial charge < -0.3 is 40.3 Å². The maximum atomic E-state index is 13.0. The molecule has 394 valence electrons. The number of hydrogen-bond acceptors (Lipinski definition) is 8. The monoisotopic (exact) mass is 948 g/mol. The van der Waals surface area contributed by atoms with Crippen molar-refractivity contribution in [2.24, 2.45) is 0 Å². The summed E-state index contributed by atoms with van der Waals surface area (Å²) < 4.78 is 11.3. The molecule has 0 aromatic rings. The fourth-order valence-corrected chi connectivity index (χ4v) is 9.11. The molecule has 0 radical (unpaired) electrons. The molecule has 0 saturated carbocycles. The molecule has 0 aromatic carbocycles. The smallest absolute Gasteiger partial charge is 0.220 e. The minimum absolute atomic E-state index is 0.184. The van der Waals surface area contributed by atoms with Crippen LogP contribution in [0.25, 0.3) is 0 Å². The minimum atomic E-state index is -1.57. The molecule has 9 heteroatoms. The zero-order chi connectivity index (χ0) is 48.7. The summed E-state index contributed by atoms with van der Waals surface area (Å²) in [4.78, 5) is 13.0. The summed E-state index contributed by atoms with van der Waals surface area (Å²) in [5.74, 6) is -0.184. The van der Waals surface area contributed by atoms with Gasteiger partial charge >= 0.3 is 0 Å². The Kier molecular flexibility index (Phi) is 45.5. The number of nitrogens with one attached hydrogen (secondary N) is 1. The molecule has 1 amide bonds. The first kappa shape index (κ1) is 63.4. The zero-order valence-corrected chi connectivity index (χ0v) is 43.7. The summed E-state index contributed by atoms with van der Waals surface area (Å²) >= 11 is 0. The van der Waals surface area contributed by atoms with Gasteiger partial charge in [0, 0.05) is 6.42 Å². The number of carbonyl (C=O) groups is 1. The molecule has 9 nitrogen and oxygen atoms in total. The Labute approximate surface area is 412 Å². The Balaban J connectivity index is 2.24. The topological polar surface area (TPSA) is 149 Å². The van der Waals surface area contributed by atoms with Crippen LogP contribution in [0.2, 0.25) is 0 Å². The second-order valence-corrected chi connectivity index (χ2v) is 20.1. The van der Waals surface area contributed by atoms with Crippen LogP contribution < -0.4 is 5.32 Å². The molecular formula is C58H109NO8. The second-order valence-electron chi connectivity index (χ2n) is 20.1. The Hall–Kier alpha value is -1.59. The molecule has 1 heterocycles. The van der Waals surface area contributed by atoms with Crippen molar-refractivity contribution in [3.63, 3.8) is 0 Å². The van der Waals surface area contributed by atoms with Crippen molar-refractivity contribution < 1.29 is 39.8 Å². The highest BCUT2D eigenvalue weighted by Gasteiger charge is 2.44. The van der Waals surface area contributed by atoms with Gasteiger partial charge in [0.1, 0.15) is 24.4 Å². The number of unbranched alkanes of at least 4 members (excludes halogenated alkanes) is 35. The molecule has 67 heavy (non-hydrogen) atoms. The summed E-state index contributed by atoms with van der Waals surface area (Å²) in [5.41, 5.74) is 0. The van der Waals surface area contributed by atoms with Gasteiger partial charge in [-0.15, -0.1) is 0 Å². The quantitative estimate of drug-likeness (QED) is 0.0261. The van der Waals surface area contributed by atoms with Crippen molar-refractivity contribution in [1.82, 2.24) is 5.32 Å². The Bertz CT molecular complexity index is 1150. The predicted octanol–water partition coefficient (Wildman–Crippen LogP) is 14.0. The van der Waals surface area contributed by atoms with E-state index in [4.69, 9.17) is 9.47 Å². The van der Waals surface area contributed by atoms with Crippen molar-refractivity contribution in [1.29, 1.82) is 0 Å². The van der Waals surface area contributed by atoms with E-state index in [-0.39, 0.29) is 12.5 Å². The highest BCUT2D eigenvalue weighted by atomic mass is 16.7. The average molecular weight is 949 g/mol. The van der Waals surface area contributed by atoms with Gasteiger partial charge in [-0.05, 0) is 57.8 Å². The Morgan fingerprint density at radius 2 is 0.851 bits per heavy atom. The first-order chi connectivity index (χ1) is 32.8. The molecule has 0 aliphatic carbocycles. The van der Waals surface area contributed by atoms with E-state index in [9.17, 15) is 30.3 Å². The standard InChI is InChI=1S/C58H109NO8/c1-3-5-7-9-11-13-15-17-19-21-23-24-25-26-27-28-30-32-34-36-38-40-42-44-46-48-54(62)59-51(50-66-58-57(65)56(64)55(63)53(49-60)67-58)52(61)47-45-43-41-39-37-35-33-31-29-22-20-18-16-14-12-10-8-6-4-2/h21,23,37,39,45,47,51-53,55-58,60-61,63-65H,3-20,22,24-36,38,40-44,46,48-50H2,1-2H3,(H,59,62)/b23-21-,39-37+,47-45+. The molecule has 7 atom stereocenters. The van der Waals surface area contributed by atoms with E-state index in [1.165, 1.54) is 212 Å². The minimum Gasteiger partial charge on any atom is -0.394 e. The van der Waals surface area contributed by atoms with Crippen LogP contribution in [0.1, 0.15) is 271 Å². The Morgan fingerprint density at radius 1 is 0.493 bits per heavy atom. The normalized spacial score (nSPS) is 19.9. The van der Waals surface area contributed by atoms with Crippen LogP contribution in [-0.4, -0.2) is 87.5 Å². The maximum absolute atomic E-state index is 13.0. The van der Waals surface area contributed by atoms with Crippen molar-refractivity contribution in [3.05, 3.63) is 36.5 Å². The lowest BCUT2D eigenvalue weighted by molar-refractivity contribution is -0.302. The van der Waals surface area contributed by atoms with Gasteiger partial charge in [-0.1, -0.05) is 243 Å². The second kappa shape index (κ2) is 48.1. The van der Waals surface area contributed by atoms with Gasteiger partial charge in [-0.2, -0.15) is 0 Å². The molecule has 1 rings (SSSR count). The van der Waals surface area contributed by atoms with Crippen LogP contribution in [-0.2, 0) is 14.3 Å². The summed E-state index contributed by atoms with van der Waals surface area (Å²) in [6, 6.07) is -0.821. The molecule has 6 N–H and O–H groups in total. The molecule has 7 unspecified atom stereocenters. The van der Waals surface area contributed by atoms with Gasteiger partial charge in [-0.3, -0.25) is 4.79 Å². The highest BCUT2D eigenvalue weighted by molar-refractivity contribution is 5.76.